The van der Waals surface area contributed by atoms with E-state index in [2.05, 4.69) is 15.3 Å². The molecule has 2 aromatic rings. The van der Waals surface area contributed by atoms with Crippen molar-refractivity contribution in [3.8, 4) is 0 Å². The Kier molecular flexibility index (Phi) is 5.45. The zero-order valence-electron chi connectivity index (χ0n) is 14.2. The number of aryl methyl sites for hydroxylation is 1. The normalized spacial score (nSPS) is 15.9. The third-order valence-electron chi connectivity index (χ3n) is 4.24. The van der Waals surface area contributed by atoms with E-state index in [-0.39, 0.29) is 23.6 Å². The van der Waals surface area contributed by atoms with Gasteiger partial charge in [0.05, 0.1) is 6.42 Å². The van der Waals surface area contributed by atoms with Crippen LogP contribution >= 0.6 is 11.3 Å². The summed E-state index contributed by atoms with van der Waals surface area (Å²) < 4.78 is 38.8. The maximum atomic E-state index is 12.9. The second-order valence-electron chi connectivity index (χ2n) is 6.29. The average molecular weight is 384 g/mol. The molecule has 1 aliphatic heterocycles. The highest BCUT2D eigenvalue weighted by atomic mass is 32.1. The van der Waals surface area contributed by atoms with Crippen molar-refractivity contribution in [2.24, 2.45) is 0 Å². The molecule has 3 heterocycles. The molecule has 0 bridgehead atoms. The van der Waals surface area contributed by atoms with E-state index in [0.29, 0.717) is 32.4 Å². The second-order valence-corrected chi connectivity index (χ2v) is 7.07. The van der Waals surface area contributed by atoms with Gasteiger partial charge in [-0.25, -0.2) is 9.97 Å². The minimum atomic E-state index is -4.49. The maximum absolute atomic E-state index is 12.9. The third kappa shape index (κ3) is 4.72. The number of rotatable bonds is 4. The molecule has 0 unspecified atom stereocenters. The first-order valence-corrected chi connectivity index (χ1v) is 9.24. The van der Waals surface area contributed by atoms with E-state index in [9.17, 15) is 18.0 Å². The van der Waals surface area contributed by atoms with E-state index < -0.39 is 11.9 Å². The molecule has 1 aliphatic rings. The van der Waals surface area contributed by atoms with E-state index in [0.717, 1.165) is 11.6 Å². The van der Waals surface area contributed by atoms with Crippen molar-refractivity contribution in [1.29, 1.82) is 0 Å². The molecule has 0 aromatic carbocycles. The summed E-state index contributed by atoms with van der Waals surface area (Å²) in [6.07, 6.45) is -2.81. The summed E-state index contributed by atoms with van der Waals surface area (Å²) in [4.78, 5) is 21.5. The number of hydrogen-bond acceptors (Lipinski definition) is 5. The smallest absolute Gasteiger partial charge is 0.356 e. The molecule has 9 heteroatoms. The van der Waals surface area contributed by atoms with Gasteiger partial charge in [-0.3, -0.25) is 4.79 Å². The first kappa shape index (κ1) is 18.6. The Bertz CT molecular complexity index is 756. The zero-order chi connectivity index (χ0) is 18.7. The van der Waals surface area contributed by atoms with Crippen LogP contribution in [0.25, 0.3) is 0 Å². The van der Waals surface area contributed by atoms with Crippen molar-refractivity contribution >= 4 is 23.1 Å². The van der Waals surface area contributed by atoms with Crippen molar-refractivity contribution in [2.75, 3.05) is 18.0 Å². The number of carbonyl (C=O) groups is 1. The van der Waals surface area contributed by atoms with Gasteiger partial charge in [0, 0.05) is 25.2 Å². The lowest BCUT2D eigenvalue weighted by Crippen LogP contribution is -2.45. The fourth-order valence-electron chi connectivity index (χ4n) is 2.97. The number of alkyl halides is 3. The average Bonchev–Trinajstić information content (AvgIpc) is 3.07. The van der Waals surface area contributed by atoms with Crippen LogP contribution in [0.4, 0.5) is 19.0 Å². The number of nitrogens with zero attached hydrogens (tertiary/aromatic N) is 3. The summed E-state index contributed by atoms with van der Waals surface area (Å²) in [5.41, 5.74) is 0.0623. The number of amides is 1. The van der Waals surface area contributed by atoms with Crippen LogP contribution in [0.3, 0.4) is 0 Å². The zero-order valence-corrected chi connectivity index (χ0v) is 15.0. The molecular formula is C17H19F3N4OS. The van der Waals surface area contributed by atoms with E-state index in [1.54, 1.807) is 11.3 Å². The summed E-state index contributed by atoms with van der Waals surface area (Å²) in [7, 11) is 0. The molecule has 1 amide bonds. The Labute approximate surface area is 153 Å². The Morgan fingerprint density at radius 2 is 2.08 bits per heavy atom. The van der Waals surface area contributed by atoms with E-state index in [1.807, 2.05) is 21.7 Å². The summed E-state index contributed by atoms with van der Waals surface area (Å²) in [5, 5.41) is 6.88. The molecule has 26 heavy (non-hydrogen) atoms. The summed E-state index contributed by atoms with van der Waals surface area (Å²) in [6.45, 7) is 2.53. The largest absolute Gasteiger partial charge is 0.433 e. The van der Waals surface area contributed by atoms with Gasteiger partial charge < -0.3 is 10.2 Å². The molecule has 0 radical (unpaired) electrons. The van der Waals surface area contributed by atoms with Gasteiger partial charge in [0.1, 0.15) is 17.3 Å². The summed E-state index contributed by atoms with van der Waals surface area (Å²) in [6, 6.07) is 2.94. The molecule has 0 spiro atoms. The first-order chi connectivity index (χ1) is 12.3. The first-order valence-electron chi connectivity index (χ1n) is 8.29. The fraction of sp³-hybridized carbons (Fsp3) is 0.471. The second kappa shape index (κ2) is 7.61. The maximum Gasteiger partial charge on any atom is 0.433 e. The van der Waals surface area contributed by atoms with Gasteiger partial charge in [-0.2, -0.15) is 24.5 Å². The molecule has 5 nitrogen and oxygen atoms in total. The number of aromatic nitrogens is 2. The number of anilines is 1. The summed E-state index contributed by atoms with van der Waals surface area (Å²) >= 11 is 1.55. The SMILES string of the molecule is Cc1nc(N2CCC(NC(=O)Cc3ccsc3)CC2)cc(C(F)(F)F)n1. The molecule has 1 N–H and O–H groups in total. The van der Waals surface area contributed by atoms with Gasteiger partial charge in [-0.1, -0.05) is 0 Å². The quantitative estimate of drug-likeness (QED) is 0.880. The number of carbonyl (C=O) groups excluding carboxylic acids is 1. The molecule has 140 valence electrons. The third-order valence-corrected chi connectivity index (χ3v) is 4.98. The van der Waals surface area contributed by atoms with Crippen LogP contribution in [0.5, 0.6) is 0 Å². The lowest BCUT2D eigenvalue weighted by atomic mass is 10.0. The molecule has 1 fully saturated rings. The number of halogens is 3. The van der Waals surface area contributed by atoms with Crippen LogP contribution in [0, 0.1) is 6.92 Å². The standard InChI is InChI=1S/C17H19F3N4OS/c1-11-21-14(17(18,19)20)9-15(22-11)24-5-2-13(3-6-24)23-16(25)8-12-4-7-26-10-12/h4,7,9-10,13H,2-3,5-6,8H2,1H3,(H,23,25). The summed E-state index contributed by atoms with van der Waals surface area (Å²) in [5.74, 6) is 0.355. The van der Waals surface area contributed by atoms with Crippen LogP contribution in [-0.4, -0.2) is 35.0 Å². The lowest BCUT2D eigenvalue weighted by molar-refractivity contribution is -0.141. The van der Waals surface area contributed by atoms with Gasteiger partial charge in [-0.05, 0) is 42.2 Å². The molecule has 0 atom stereocenters. The van der Waals surface area contributed by atoms with Crippen LogP contribution in [-0.2, 0) is 17.4 Å². The van der Waals surface area contributed by atoms with E-state index in [4.69, 9.17) is 0 Å². The molecule has 1 saturated heterocycles. The molecular weight excluding hydrogens is 365 g/mol. The highest BCUT2D eigenvalue weighted by Crippen LogP contribution is 2.30. The number of hydrogen-bond donors (Lipinski definition) is 1. The molecule has 3 rings (SSSR count). The van der Waals surface area contributed by atoms with Crippen molar-refractivity contribution in [1.82, 2.24) is 15.3 Å². The Morgan fingerprint density at radius 3 is 2.69 bits per heavy atom. The van der Waals surface area contributed by atoms with Crippen LogP contribution in [0.15, 0.2) is 22.9 Å². The predicted octanol–water partition coefficient (Wildman–Crippen LogP) is 3.19. The monoisotopic (exact) mass is 384 g/mol. The topological polar surface area (TPSA) is 58.1 Å². The van der Waals surface area contributed by atoms with Crippen LogP contribution in [0.1, 0.15) is 29.9 Å². The van der Waals surface area contributed by atoms with Gasteiger partial charge in [0.25, 0.3) is 0 Å². The minimum Gasteiger partial charge on any atom is -0.356 e. The Morgan fingerprint density at radius 1 is 1.35 bits per heavy atom. The number of nitrogens with one attached hydrogen (secondary N) is 1. The van der Waals surface area contributed by atoms with Crippen LogP contribution in [0.2, 0.25) is 0 Å². The van der Waals surface area contributed by atoms with E-state index >= 15 is 0 Å². The lowest BCUT2D eigenvalue weighted by Gasteiger charge is -2.33. The van der Waals surface area contributed by atoms with Crippen molar-refractivity contribution in [2.45, 2.75) is 38.4 Å². The Balaban J connectivity index is 1.57. The van der Waals surface area contributed by atoms with Crippen LogP contribution < -0.4 is 10.2 Å². The van der Waals surface area contributed by atoms with Gasteiger partial charge in [0.15, 0.2) is 0 Å². The fourth-order valence-corrected chi connectivity index (χ4v) is 3.64. The highest BCUT2D eigenvalue weighted by molar-refractivity contribution is 7.08. The van der Waals surface area contributed by atoms with Gasteiger partial charge in [-0.15, -0.1) is 0 Å². The number of thiophene rings is 1. The Hall–Kier alpha value is -2.16. The van der Waals surface area contributed by atoms with Gasteiger partial charge in [0.2, 0.25) is 5.91 Å². The van der Waals surface area contributed by atoms with Crippen molar-refractivity contribution < 1.29 is 18.0 Å². The number of piperidine rings is 1. The minimum absolute atomic E-state index is 0.0286. The molecule has 0 saturated carbocycles. The molecule has 0 aliphatic carbocycles. The molecule has 2 aromatic heterocycles. The van der Waals surface area contributed by atoms with Crippen molar-refractivity contribution in [3.05, 3.63) is 40.0 Å². The van der Waals surface area contributed by atoms with Crippen molar-refractivity contribution in [3.63, 3.8) is 0 Å². The van der Waals surface area contributed by atoms with E-state index in [1.165, 1.54) is 6.92 Å². The van der Waals surface area contributed by atoms with Gasteiger partial charge >= 0.3 is 6.18 Å². The predicted molar refractivity (Wildman–Crippen MR) is 93.2 cm³/mol. The highest BCUT2D eigenvalue weighted by Gasteiger charge is 2.34.